The van der Waals surface area contributed by atoms with Crippen LogP contribution in [-0.2, 0) is 6.42 Å². The van der Waals surface area contributed by atoms with Crippen LogP contribution in [0.5, 0.6) is 5.75 Å². The fraction of sp³-hybridized carbons (Fsp3) is 0.222. The first-order valence-electron chi connectivity index (χ1n) is 7.07. The first kappa shape index (κ1) is 16.3. The van der Waals surface area contributed by atoms with E-state index < -0.39 is 0 Å². The third-order valence-corrected chi connectivity index (χ3v) is 3.61. The Morgan fingerprint density at radius 3 is 2.73 bits per heavy atom. The van der Waals surface area contributed by atoms with Gasteiger partial charge in [0, 0.05) is 17.8 Å². The fourth-order valence-corrected chi connectivity index (χ4v) is 2.31. The Morgan fingerprint density at radius 1 is 1.36 bits per heavy atom. The van der Waals surface area contributed by atoms with Crippen LogP contribution in [0.2, 0.25) is 0 Å². The van der Waals surface area contributed by atoms with Crippen molar-refractivity contribution in [3.63, 3.8) is 0 Å². The number of hydrogen-bond acceptors (Lipinski definition) is 3. The summed E-state index contributed by atoms with van der Waals surface area (Å²) in [6, 6.07) is 13.9. The number of rotatable bonds is 5. The molecule has 0 amide bonds. The zero-order valence-electron chi connectivity index (χ0n) is 12.6. The Labute approximate surface area is 139 Å². The summed E-state index contributed by atoms with van der Waals surface area (Å²) in [6.07, 6.45) is 4.23. The maximum absolute atomic E-state index is 9.29. The highest BCUT2D eigenvalue weighted by molar-refractivity contribution is 9.10. The topological polar surface area (TPSA) is 45.9 Å². The second kappa shape index (κ2) is 7.77. The molecule has 0 spiro atoms. The summed E-state index contributed by atoms with van der Waals surface area (Å²) >= 11 is 3.34. The number of aromatic nitrogens is 1. The molecule has 112 valence electrons. The molecule has 3 nitrogen and oxygen atoms in total. The molecule has 4 heteroatoms. The van der Waals surface area contributed by atoms with E-state index in [1.807, 2.05) is 30.3 Å². The van der Waals surface area contributed by atoms with Gasteiger partial charge in [0.15, 0.2) is 5.76 Å². The van der Waals surface area contributed by atoms with Crippen LogP contribution in [-0.4, -0.2) is 4.98 Å². The smallest absolute Gasteiger partial charge is 0.200 e. The minimum atomic E-state index is 0.268. The zero-order valence-corrected chi connectivity index (χ0v) is 14.2. The lowest BCUT2D eigenvalue weighted by Gasteiger charge is -2.12. The molecule has 0 atom stereocenters. The second-order valence-electron chi connectivity index (χ2n) is 5.17. The largest absolute Gasteiger partial charge is 0.446 e. The van der Waals surface area contributed by atoms with Crippen molar-refractivity contribution >= 4 is 15.9 Å². The summed E-state index contributed by atoms with van der Waals surface area (Å²) in [5.74, 6) is 1.23. The molecule has 0 aliphatic carbocycles. The summed E-state index contributed by atoms with van der Waals surface area (Å²) in [4.78, 5) is 4.22. The molecular formula is C18H17BrN2O. The van der Waals surface area contributed by atoms with E-state index in [1.54, 1.807) is 18.3 Å². The average Bonchev–Trinajstić information content (AvgIpc) is 2.52. The lowest BCUT2D eigenvalue weighted by Crippen LogP contribution is -2.00. The standard InChI is InChI=1S/C18H17BrN2O/c1-13(2)16-12-21-18(19)10-17(16)22-15(11-20)9-8-14-6-4-3-5-7-14/h3-7,9-10,12-13H,8H2,1-2H3/b15-9+. The van der Waals surface area contributed by atoms with Crippen LogP contribution in [0.1, 0.15) is 30.9 Å². The predicted molar refractivity (Wildman–Crippen MR) is 90.5 cm³/mol. The molecule has 0 aliphatic heterocycles. The molecule has 0 unspecified atom stereocenters. The summed E-state index contributed by atoms with van der Waals surface area (Å²) in [5, 5.41) is 9.29. The zero-order chi connectivity index (χ0) is 15.9. The molecular weight excluding hydrogens is 340 g/mol. The van der Waals surface area contributed by atoms with Gasteiger partial charge in [-0.3, -0.25) is 0 Å². The molecule has 0 saturated heterocycles. The molecule has 1 aromatic carbocycles. The van der Waals surface area contributed by atoms with E-state index >= 15 is 0 Å². The SMILES string of the molecule is CC(C)c1cnc(Br)cc1O/C(C#N)=C/Cc1ccccc1. The molecule has 0 bridgehead atoms. The fourth-order valence-electron chi connectivity index (χ4n) is 2.00. The van der Waals surface area contributed by atoms with E-state index in [0.717, 1.165) is 11.1 Å². The number of ether oxygens (including phenoxy) is 1. The predicted octanol–water partition coefficient (Wildman–Crippen LogP) is 5.00. The summed E-state index contributed by atoms with van der Waals surface area (Å²) in [5.41, 5.74) is 2.11. The summed E-state index contributed by atoms with van der Waals surface area (Å²) in [6.45, 7) is 4.13. The Morgan fingerprint density at radius 2 is 2.09 bits per heavy atom. The van der Waals surface area contributed by atoms with Crippen LogP contribution < -0.4 is 4.74 Å². The van der Waals surface area contributed by atoms with E-state index in [0.29, 0.717) is 22.5 Å². The highest BCUT2D eigenvalue weighted by atomic mass is 79.9. The van der Waals surface area contributed by atoms with Crippen molar-refractivity contribution in [3.8, 4) is 11.8 Å². The number of hydrogen-bond donors (Lipinski definition) is 0. The molecule has 0 saturated carbocycles. The molecule has 2 aromatic rings. The molecule has 22 heavy (non-hydrogen) atoms. The van der Waals surface area contributed by atoms with Gasteiger partial charge >= 0.3 is 0 Å². The first-order valence-corrected chi connectivity index (χ1v) is 7.87. The summed E-state index contributed by atoms with van der Waals surface area (Å²) < 4.78 is 6.48. The van der Waals surface area contributed by atoms with Gasteiger partial charge in [-0.25, -0.2) is 4.98 Å². The lowest BCUT2D eigenvalue weighted by atomic mass is 10.1. The maximum Gasteiger partial charge on any atom is 0.200 e. The van der Waals surface area contributed by atoms with Crippen molar-refractivity contribution in [1.29, 1.82) is 5.26 Å². The van der Waals surface area contributed by atoms with Crippen LogP contribution in [0.4, 0.5) is 0 Å². The van der Waals surface area contributed by atoms with Gasteiger partial charge in [-0.1, -0.05) is 44.2 Å². The number of benzene rings is 1. The number of nitrogens with zero attached hydrogens (tertiary/aromatic N) is 2. The maximum atomic E-state index is 9.29. The third-order valence-electron chi connectivity index (χ3n) is 3.18. The van der Waals surface area contributed by atoms with E-state index in [9.17, 15) is 5.26 Å². The van der Waals surface area contributed by atoms with Crippen LogP contribution in [0, 0.1) is 11.3 Å². The molecule has 0 fully saturated rings. The average molecular weight is 357 g/mol. The molecule has 0 aliphatic rings. The molecule has 0 radical (unpaired) electrons. The van der Waals surface area contributed by atoms with Gasteiger partial charge in [-0.2, -0.15) is 5.26 Å². The van der Waals surface area contributed by atoms with Crippen molar-refractivity contribution in [1.82, 2.24) is 4.98 Å². The van der Waals surface area contributed by atoms with Crippen LogP contribution in [0.3, 0.4) is 0 Å². The quantitative estimate of drug-likeness (QED) is 0.430. The Balaban J connectivity index is 2.20. The van der Waals surface area contributed by atoms with Crippen LogP contribution in [0.25, 0.3) is 0 Å². The molecule has 2 rings (SSSR count). The van der Waals surface area contributed by atoms with Gasteiger partial charge < -0.3 is 4.74 Å². The molecule has 0 N–H and O–H groups in total. The number of halogens is 1. The van der Waals surface area contributed by atoms with E-state index in [4.69, 9.17) is 4.74 Å². The van der Waals surface area contributed by atoms with E-state index in [-0.39, 0.29) is 5.92 Å². The van der Waals surface area contributed by atoms with Crippen molar-refractivity contribution in [2.75, 3.05) is 0 Å². The van der Waals surface area contributed by atoms with Crippen molar-refractivity contribution in [2.45, 2.75) is 26.2 Å². The number of nitriles is 1. The number of allylic oxidation sites excluding steroid dienone is 2. The van der Waals surface area contributed by atoms with E-state index in [2.05, 4.69) is 40.8 Å². The Hall–Kier alpha value is -2.12. The monoisotopic (exact) mass is 356 g/mol. The van der Waals surface area contributed by atoms with Gasteiger partial charge in [0.2, 0.25) is 0 Å². The van der Waals surface area contributed by atoms with Crippen molar-refractivity contribution < 1.29 is 4.74 Å². The first-order chi connectivity index (χ1) is 10.6. The van der Waals surface area contributed by atoms with Gasteiger partial charge in [-0.05, 0) is 39.9 Å². The lowest BCUT2D eigenvalue weighted by molar-refractivity contribution is 0.436. The minimum Gasteiger partial charge on any atom is -0.446 e. The van der Waals surface area contributed by atoms with Gasteiger partial charge in [-0.15, -0.1) is 0 Å². The third kappa shape index (κ3) is 4.44. The Kier molecular flexibility index (Phi) is 5.74. The van der Waals surface area contributed by atoms with Gasteiger partial charge in [0.1, 0.15) is 16.4 Å². The normalized spacial score (nSPS) is 11.3. The Bertz CT molecular complexity index is 703. The molecule has 1 aromatic heterocycles. The van der Waals surface area contributed by atoms with Gasteiger partial charge in [0.25, 0.3) is 0 Å². The van der Waals surface area contributed by atoms with Gasteiger partial charge in [0.05, 0.1) is 0 Å². The summed E-state index contributed by atoms with van der Waals surface area (Å²) in [7, 11) is 0. The van der Waals surface area contributed by atoms with Crippen LogP contribution >= 0.6 is 15.9 Å². The van der Waals surface area contributed by atoms with Crippen molar-refractivity contribution in [2.24, 2.45) is 0 Å². The van der Waals surface area contributed by atoms with Crippen molar-refractivity contribution in [3.05, 3.63) is 70.2 Å². The minimum absolute atomic E-state index is 0.268. The highest BCUT2D eigenvalue weighted by Crippen LogP contribution is 2.29. The second-order valence-corrected chi connectivity index (χ2v) is 5.98. The number of pyridine rings is 1. The van der Waals surface area contributed by atoms with E-state index in [1.165, 1.54) is 0 Å². The molecule has 1 heterocycles. The van der Waals surface area contributed by atoms with Crippen LogP contribution in [0.15, 0.2) is 59.0 Å². The highest BCUT2D eigenvalue weighted by Gasteiger charge is 2.11.